The highest BCUT2D eigenvalue weighted by Crippen LogP contribution is 2.29. The molecular formula is C23H24N4O6S. The lowest BCUT2D eigenvalue weighted by Gasteiger charge is -2.14. The summed E-state index contributed by atoms with van der Waals surface area (Å²) in [6.07, 6.45) is 1.44. The van der Waals surface area contributed by atoms with Crippen LogP contribution in [0, 0.1) is 24.0 Å². The molecule has 0 aromatic heterocycles. The number of methoxy groups -OCH3 is 2. The molecule has 0 aliphatic rings. The minimum atomic E-state index is -4.18. The molecule has 0 fully saturated rings. The number of nitro groups is 1. The van der Waals surface area contributed by atoms with Crippen molar-refractivity contribution in [1.29, 1.82) is 0 Å². The van der Waals surface area contributed by atoms with Gasteiger partial charge in [-0.1, -0.05) is 17.7 Å². The van der Waals surface area contributed by atoms with Crippen LogP contribution < -0.4 is 19.6 Å². The molecule has 0 unspecified atom stereocenters. The van der Waals surface area contributed by atoms with Crippen LogP contribution in [0.4, 0.5) is 17.1 Å². The van der Waals surface area contributed by atoms with E-state index < -0.39 is 14.9 Å². The molecule has 0 atom stereocenters. The first-order valence-corrected chi connectivity index (χ1v) is 11.5. The Bertz CT molecular complexity index is 1360. The first kappa shape index (κ1) is 24.5. The number of non-ortho nitro benzene ring substituents is 1. The van der Waals surface area contributed by atoms with Gasteiger partial charge in [0, 0.05) is 23.8 Å². The monoisotopic (exact) mass is 484 g/mol. The highest BCUT2D eigenvalue weighted by atomic mass is 32.2. The van der Waals surface area contributed by atoms with Crippen LogP contribution in [0.3, 0.4) is 0 Å². The van der Waals surface area contributed by atoms with Crippen LogP contribution in [-0.4, -0.2) is 33.8 Å². The van der Waals surface area contributed by atoms with E-state index in [0.29, 0.717) is 28.3 Å². The topological polar surface area (TPSA) is 132 Å². The Labute approximate surface area is 197 Å². The fourth-order valence-corrected chi connectivity index (χ4v) is 4.47. The van der Waals surface area contributed by atoms with Crippen molar-refractivity contribution in [1.82, 2.24) is 0 Å². The molecular weight excluding hydrogens is 460 g/mol. The van der Waals surface area contributed by atoms with Gasteiger partial charge in [0.25, 0.3) is 15.7 Å². The number of ether oxygens (including phenoxy) is 2. The lowest BCUT2D eigenvalue weighted by molar-refractivity contribution is -0.385. The van der Waals surface area contributed by atoms with Crippen LogP contribution in [0.1, 0.15) is 16.7 Å². The van der Waals surface area contributed by atoms with Gasteiger partial charge in [0.15, 0.2) is 0 Å². The molecule has 0 aliphatic carbocycles. The van der Waals surface area contributed by atoms with Crippen molar-refractivity contribution in [3.63, 3.8) is 0 Å². The zero-order chi connectivity index (χ0) is 24.9. The van der Waals surface area contributed by atoms with E-state index in [1.54, 1.807) is 37.3 Å². The molecule has 0 bridgehead atoms. The summed E-state index contributed by atoms with van der Waals surface area (Å²) >= 11 is 0. The van der Waals surface area contributed by atoms with Crippen LogP contribution in [-0.2, 0) is 10.0 Å². The standard InChI is InChI=1S/C23H24N4O6S/c1-15-5-9-20(16(2)11-15)26-34(30,31)23-12-18(27(28)29)7-10-21(23)25-24-14-17-6-8-19(32-3)13-22(17)33-4/h5-14,25-26H,1-4H3/b24-14+. The molecule has 178 valence electrons. The Balaban J connectivity index is 1.96. The van der Waals surface area contributed by atoms with Gasteiger partial charge in [-0.3, -0.25) is 20.3 Å². The van der Waals surface area contributed by atoms with Crippen LogP contribution in [0.15, 0.2) is 64.6 Å². The highest BCUT2D eigenvalue weighted by molar-refractivity contribution is 7.92. The maximum absolute atomic E-state index is 13.2. The average Bonchev–Trinajstić information content (AvgIpc) is 2.81. The normalized spacial score (nSPS) is 11.3. The van der Waals surface area contributed by atoms with E-state index >= 15 is 0 Å². The number of nitrogens with one attached hydrogen (secondary N) is 2. The summed E-state index contributed by atoms with van der Waals surface area (Å²) in [5, 5.41) is 15.4. The third-order valence-corrected chi connectivity index (χ3v) is 6.33. The lowest BCUT2D eigenvalue weighted by atomic mass is 10.1. The third kappa shape index (κ3) is 5.62. The van der Waals surface area contributed by atoms with Crippen molar-refractivity contribution in [2.75, 3.05) is 24.4 Å². The fourth-order valence-electron chi connectivity index (χ4n) is 3.16. The zero-order valence-corrected chi connectivity index (χ0v) is 19.8. The SMILES string of the molecule is COc1ccc(/C=N/Nc2ccc([N+](=O)[O-])cc2S(=O)(=O)Nc2ccc(C)cc2C)c(OC)c1. The van der Waals surface area contributed by atoms with Gasteiger partial charge in [0.1, 0.15) is 16.4 Å². The average molecular weight is 485 g/mol. The van der Waals surface area contributed by atoms with E-state index in [1.165, 1.54) is 32.6 Å². The van der Waals surface area contributed by atoms with Gasteiger partial charge in [0.05, 0.1) is 36.7 Å². The molecule has 0 radical (unpaired) electrons. The molecule has 0 spiro atoms. The summed E-state index contributed by atoms with van der Waals surface area (Å²) in [4.78, 5) is 10.3. The minimum absolute atomic E-state index is 0.0617. The van der Waals surface area contributed by atoms with Crippen LogP contribution in [0.5, 0.6) is 11.5 Å². The maximum Gasteiger partial charge on any atom is 0.270 e. The van der Waals surface area contributed by atoms with E-state index in [0.717, 1.165) is 11.6 Å². The van der Waals surface area contributed by atoms with Crippen LogP contribution >= 0.6 is 0 Å². The van der Waals surface area contributed by atoms with Gasteiger partial charge < -0.3 is 9.47 Å². The molecule has 3 aromatic rings. The molecule has 3 aromatic carbocycles. The van der Waals surface area contributed by atoms with Crippen molar-refractivity contribution in [3.8, 4) is 11.5 Å². The Hall–Kier alpha value is -4.12. The summed E-state index contributed by atoms with van der Waals surface area (Å²) < 4.78 is 39.3. The van der Waals surface area contributed by atoms with Crippen molar-refractivity contribution >= 4 is 33.3 Å². The third-order valence-electron chi connectivity index (χ3n) is 4.92. The molecule has 0 saturated heterocycles. The first-order chi connectivity index (χ1) is 16.1. The van der Waals surface area contributed by atoms with E-state index in [-0.39, 0.29) is 16.3 Å². The number of benzene rings is 3. The second kappa shape index (κ2) is 10.2. The molecule has 3 rings (SSSR count). The van der Waals surface area contributed by atoms with E-state index in [2.05, 4.69) is 15.2 Å². The summed E-state index contributed by atoms with van der Waals surface area (Å²) in [6, 6.07) is 13.8. The van der Waals surface area contributed by atoms with Crippen LogP contribution in [0.25, 0.3) is 0 Å². The van der Waals surface area contributed by atoms with E-state index in [1.807, 2.05) is 13.0 Å². The van der Waals surface area contributed by atoms with Crippen molar-refractivity contribution < 1.29 is 22.8 Å². The van der Waals surface area contributed by atoms with E-state index in [9.17, 15) is 18.5 Å². The minimum Gasteiger partial charge on any atom is -0.497 e. The highest BCUT2D eigenvalue weighted by Gasteiger charge is 2.23. The van der Waals surface area contributed by atoms with Crippen molar-refractivity contribution in [3.05, 3.63) is 81.4 Å². The summed E-state index contributed by atoms with van der Waals surface area (Å²) in [5.41, 5.74) is 5.02. The molecule has 34 heavy (non-hydrogen) atoms. The molecule has 0 saturated carbocycles. The number of hydrazone groups is 1. The fraction of sp³-hybridized carbons (Fsp3) is 0.174. The Morgan fingerprint density at radius 3 is 2.35 bits per heavy atom. The molecule has 11 heteroatoms. The van der Waals surface area contributed by atoms with Crippen molar-refractivity contribution in [2.45, 2.75) is 18.7 Å². The number of sulfonamides is 1. The molecule has 10 nitrogen and oxygen atoms in total. The number of aryl methyl sites for hydroxylation is 2. The number of anilines is 2. The number of nitrogens with zero attached hydrogens (tertiary/aromatic N) is 2. The van der Waals surface area contributed by atoms with Gasteiger partial charge >= 0.3 is 0 Å². The Morgan fingerprint density at radius 1 is 0.971 bits per heavy atom. The Morgan fingerprint density at radius 2 is 1.71 bits per heavy atom. The largest absolute Gasteiger partial charge is 0.497 e. The van der Waals surface area contributed by atoms with Gasteiger partial charge in [-0.15, -0.1) is 0 Å². The molecule has 0 aliphatic heterocycles. The molecule has 0 amide bonds. The predicted molar refractivity (Wildman–Crippen MR) is 131 cm³/mol. The van der Waals surface area contributed by atoms with E-state index in [4.69, 9.17) is 9.47 Å². The summed E-state index contributed by atoms with van der Waals surface area (Å²) in [5.74, 6) is 1.10. The smallest absolute Gasteiger partial charge is 0.270 e. The predicted octanol–water partition coefficient (Wildman–Crippen LogP) is 4.48. The summed E-state index contributed by atoms with van der Waals surface area (Å²) in [6.45, 7) is 3.66. The first-order valence-electron chi connectivity index (χ1n) is 10.0. The second-order valence-corrected chi connectivity index (χ2v) is 8.99. The number of hydrogen-bond acceptors (Lipinski definition) is 8. The number of hydrogen-bond donors (Lipinski definition) is 2. The lowest BCUT2D eigenvalue weighted by Crippen LogP contribution is -2.16. The zero-order valence-electron chi connectivity index (χ0n) is 19.0. The second-order valence-electron chi connectivity index (χ2n) is 7.34. The van der Waals surface area contributed by atoms with Crippen LogP contribution in [0.2, 0.25) is 0 Å². The quantitative estimate of drug-likeness (QED) is 0.260. The van der Waals surface area contributed by atoms with Gasteiger partial charge in [0.2, 0.25) is 0 Å². The van der Waals surface area contributed by atoms with Gasteiger partial charge in [-0.2, -0.15) is 5.10 Å². The maximum atomic E-state index is 13.2. The number of rotatable bonds is 9. The molecule has 0 heterocycles. The molecule has 2 N–H and O–H groups in total. The summed E-state index contributed by atoms with van der Waals surface area (Å²) in [7, 11) is -1.15. The van der Waals surface area contributed by atoms with Gasteiger partial charge in [-0.25, -0.2) is 8.42 Å². The Kier molecular flexibility index (Phi) is 7.37. The van der Waals surface area contributed by atoms with Gasteiger partial charge in [-0.05, 0) is 43.7 Å². The number of nitro benzene ring substituents is 1. The van der Waals surface area contributed by atoms with Crippen molar-refractivity contribution in [2.24, 2.45) is 5.10 Å².